The van der Waals surface area contributed by atoms with E-state index in [2.05, 4.69) is 30.0 Å². The van der Waals surface area contributed by atoms with Crippen LogP contribution in [0.25, 0.3) is 0 Å². The van der Waals surface area contributed by atoms with Crippen molar-refractivity contribution in [3.8, 4) is 0 Å². The Morgan fingerprint density at radius 3 is 2.67 bits per heavy atom. The molecule has 3 rings (SSSR count). The van der Waals surface area contributed by atoms with E-state index in [0.29, 0.717) is 38.8 Å². The molecular weight excluding hydrogens is 266 g/mol. The largest absolute Gasteiger partial charge is 0.359 e. The van der Waals surface area contributed by atoms with Crippen molar-refractivity contribution >= 4 is 18.0 Å². The molecule has 0 spiro atoms. The van der Waals surface area contributed by atoms with Crippen LogP contribution in [0.15, 0.2) is 24.3 Å². The first-order chi connectivity index (χ1) is 10.2. The summed E-state index contributed by atoms with van der Waals surface area (Å²) in [5, 5.41) is 0. The third kappa shape index (κ3) is 2.73. The van der Waals surface area contributed by atoms with E-state index in [-0.39, 0.29) is 5.91 Å². The van der Waals surface area contributed by atoms with Crippen molar-refractivity contribution in [1.29, 1.82) is 0 Å². The molecule has 0 N–H and O–H groups in total. The second kappa shape index (κ2) is 5.76. The maximum atomic E-state index is 12.5. The molecule has 2 aliphatic rings. The number of amides is 2. The lowest BCUT2D eigenvalue weighted by Gasteiger charge is -2.34. The van der Waals surface area contributed by atoms with E-state index < -0.39 is 0 Å². The van der Waals surface area contributed by atoms with Gasteiger partial charge in [0.15, 0.2) is 0 Å². The second-order valence-electron chi connectivity index (χ2n) is 5.83. The van der Waals surface area contributed by atoms with E-state index in [1.165, 1.54) is 11.3 Å². The Balaban J connectivity index is 1.64. The van der Waals surface area contributed by atoms with Crippen LogP contribution in [-0.4, -0.2) is 60.9 Å². The maximum absolute atomic E-state index is 12.5. The number of rotatable bonds is 3. The van der Waals surface area contributed by atoms with Gasteiger partial charge in [0.05, 0.1) is 6.54 Å². The van der Waals surface area contributed by atoms with Gasteiger partial charge in [-0.15, -0.1) is 0 Å². The molecule has 5 nitrogen and oxygen atoms in total. The molecule has 1 atom stereocenters. The summed E-state index contributed by atoms with van der Waals surface area (Å²) < 4.78 is 0. The average molecular weight is 287 g/mol. The van der Waals surface area contributed by atoms with Crippen LogP contribution in [0.4, 0.5) is 5.69 Å². The van der Waals surface area contributed by atoms with Crippen LogP contribution in [0.1, 0.15) is 12.5 Å². The van der Waals surface area contributed by atoms with Gasteiger partial charge in [0, 0.05) is 37.9 Å². The van der Waals surface area contributed by atoms with Gasteiger partial charge in [-0.3, -0.25) is 9.59 Å². The van der Waals surface area contributed by atoms with Gasteiger partial charge in [-0.25, -0.2) is 0 Å². The van der Waals surface area contributed by atoms with Gasteiger partial charge >= 0.3 is 0 Å². The molecule has 0 radical (unpaired) electrons. The van der Waals surface area contributed by atoms with E-state index in [0.717, 1.165) is 12.8 Å². The summed E-state index contributed by atoms with van der Waals surface area (Å²) in [6, 6.07) is 8.67. The molecule has 2 heterocycles. The molecule has 0 bridgehead atoms. The number of para-hydroxylation sites is 1. The summed E-state index contributed by atoms with van der Waals surface area (Å²) in [5.74, 6) is 0.157. The molecule has 0 saturated carbocycles. The van der Waals surface area contributed by atoms with E-state index >= 15 is 0 Å². The van der Waals surface area contributed by atoms with Gasteiger partial charge in [-0.05, 0) is 25.0 Å². The Hall–Kier alpha value is -2.04. The normalized spacial score (nSPS) is 21.4. The molecule has 5 heteroatoms. The highest BCUT2D eigenvalue weighted by atomic mass is 16.2. The summed E-state index contributed by atoms with van der Waals surface area (Å²) in [5.41, 5.74) is 2.51. The molecule has 112 valence electrons. The van der Waals surface area contributed by atoms with Crippen molar-refractivity contribution in [2.24, 2.45) is 0 Å². The van der Waals surface area contributed by atoms with Crippen LogP contribution in [-0.2, 0) is 16.0 Å². The van der Waals surface area contributed by atoms with Gasteiger partial charge in [0.25, 0.3) is 0 Å². The molecule has 0 aromatic heterocycles. The van der Waals surface area contributed by atoms with Crippen molar-refractivity contribution in [3.05, 3.63) is 29.8 Å². The van der Waals surface area contributed by atoms with Crippen molar-refractivity contribution in [3.63, 3.8) is 0 Å². The number of carbonyl (C=O) groups is 2. The van der Waals surface area contributed by atoms with Crippen molar-refractivity contribution in [1.82, 2.24) is 9.80 Å². The Morgan fingerprint density at radius 1 is 1.24 bits per heavy atom. The molecule has 1 unspecified atom stereocenters. The number of benzene rings is 1. The van der Waals surface area contributed by atoms with Gasteiger partial charge in [0.2, 0.25) is 12.3 Å². The molecule has 0 aliphatic carbocycles. The minimum absolute atomic E-state index is 0.157. The molecule has 2 aliphatic heterocycles. The summed E-state index contributed by atoms with van der Waals surface area (Å²) in [6.45, 7) is 5.16. The van der Waals surface area contributed by atoms with Gasteiger partial charge in [-0.2, -0.15) is 0 Å². The fraction of sp³-hybridized carbons (Fsp3) is 0.500. The van der Waals surface area contributed by atoms with Crippen LogP contribution >= 0.6 is 0 Å². The predicted molar refractivity (Wildman–Crippen MR) is 81.2 cm³/mol. The maximum Gasteiger partial charge on any atom is 0.242 e. The van der Waals surface area contributed by atoms with Gasteiger partial charge in [-0.1, -0.05) is 18.2 Å². The van der Waals surface area contributed by atoms with E-state index in [4.69, 9.17) is 0 Å². The Morgan fingerprint density at radius 2 is 1.95 bits per heavy atom. The summed E-state index contributed by atoms with van der Waals surface area (Å²) in [6.07, 6.45) is 1.86. The number of nitrogens with zero attached hydrogens (tertiary/aromatic N) is 3. The van der Waals surface area contributed by atoms with Gasteiger partial charge in [0.1, 0.15) is 0 Å². The summed E-state index contributed by atoms with van der Waals surface area (Å²) >= 11 is 0. The quantitative estimate of drug-likeness (QED) is 0.770. The zero-order chi connectivity index (χ0) is 14.8. The van der Waals surface area contributed by atoms with E-state index in [9.17, 15) is 9.59 Å². The number of anilines is 1. The topological polar surface area (TPSA) is 43.9 Å². The molecule has 1 fully saturated rings. The van der Waals surface area contributed by atoms with Crippen LogP contribution in [0, 0.1) is 0 Å². The average Bonchev–Trinajstić information content (AvgIpc) is 2.83. The van der Waals surface area contributed by atoms with E-state index in [1.807, 2.05) is 11.0 Å². The van der Waals surface area contributed by atoms with Crippen molar-refractivity contribution in [2.45, 2.75) is 19.4 Å². The lowest BCUT2D eigenvalue weighted by atomic mass is 10.1. The van der Waals surface area contributed by atoms with Gasteiger partial charge < -0.3 is 14.7 Å². The first-order valence-electron chi connectivity index (χ1n) is 7.50. The fourth-order valence-electron chi connectivity index (χ4n) is 3.19. The minimum Gasteiger partial charge on any atom is -0.359 e. The lowest BCUT2D eigenvalue weighted by Crippen LogP contribution is -2.51. The molecule has 2 amide bonds. The minimum atomic E-state index is 0.157. The smallest absolute Gasteiger partial charge is 0.242 e. The van der Waals surface area contributed by atoms with Crippen molar-refractivity contribution < 1.29 is 9.59 Å². The Labute approximate surface area is 125 Å². The highest BCUT2D eigenvalue weighted by molar-refractivity contribution is 5.83. The molecular formula is C16H21N3O2. The number of hydrogen-bond acceptors (Lipinski definition) is 3. The number of carbonyl (C=O) groups excluding carboxylic acids is 2. The molecule has 1 aromatic carbocycles. The Bertz CT molecular complexity index is 538. The zero-order valence-corrected chi connectivity index (χ0v) is 12.4. The summed E-state index contributed by atoms with van der Waals surface area (Å²) in [4.78, 5) is 29.0. The highest BCUT2D eigenvalue weighted by Crippen LogP contribution is 2.31. The third-order valence-electron chi connectivity index (χ3n) is 4.47. The van der Waals surface area contributed by atoms with Crippen LogP contribution in [0.2, 0.25) is 0 Å². The fourth-order valence-corrected chi connectivity index (χ4v) is 3.19. The number of hydrogen-bond donors (Lipinski definition) is 0. The molecule has 21 heavy (non-hydrogen) atoms. The standard InChI is InChI=1S/C16H21N3O2/c1-13-10-14-4-2-3-5-15(14)19(13)11-16(21)18-8-6-17(12-20)7-9-18/h2-5,12-13H,6-11H2,1H3. The van der Waals surface area contributed by atoms with Crippen LogP contribution in [0.3, 0.4) is 0 Å². The number of fused-ring (bicyclic) bond motifs is 1. The Kier molecular flexibility index (Phi) is 3.82. The van der Waals surface area contributed by atoms with Crippen LogP contribution < -0.4 is 4.90 Å². The third-order valence-corrected chi connectivity index (χ3v) is 4.47. The second-order valence-corrected chi connectivity index (χ2v) is 5.83. The monoisotopic (exact) mass is 287 g/mol. The number of piperazine rings is 1. The highest BCUT2D eigenvalue weighted by Gasteiger charge is 2.29. The van der Waals surface area contributed by atoms with E-state index in [1.54, 1.807) is 4.90 Å². The molecule has 1 saturated heterocycles. The summed E-state index contributed by atoms with van der Waals surface area (Å²) in [7, 11) is 0. The van der Waals surface area contributed by atoms with Crippen LogP contribution in [0.5, 0.6) is 0 Å². The predicted octanol–water partition coefficient (Wildman–Crippen LogP) is 0.738. The molecule has 1 aromatic rings. The van der Waals surface area contributed by atoms with Crippen molar-refractivity contribution in [2.75, 3.05) is 37.6 Å². The SMILES string of the molecule is CC1Cc2ccccc2N1CC(=O)N1CCN(C=O)CC1. The lowest BCUT2D eigenvalue weighted by molar-refractivity contribution is -0.133. The first kappa shape index (κ1) is 13.9. The zero-order valence-electron chi connectivity index (χ0n) is 12.4. The first-order valence-corrected chi connectivity index (χ1v) is 7.50.